The van der Waals surface area contributed by atoms with Crippen LogP contribution in [0.3, 0.4) is 0 Å². The molecule has 98 valence electrons. The molecule has 0 aliphatic rings. The molecule has 0 saturated carbocycles. The largest absolute Gasteiger partial charge is 0.506 e. The van der Waals surface area contributed by atoms with Gasteiger partial charge < -0.3 is 16.2 Å². The highest BCUT2D eigenvalue weighted by Gasteiger charge is 2.17. The van der Waals surface area contributed by atoms with Gasteiger partial charge in [-0.05, 0) is 12.5 Å². The summed E-state index contributed by atoms with van der Waals surface area (Å²) in [5.74, 6) is -0.972. The Morgan fingerprint density at radius 3 is 2.78 bits per heavy atom. The van der Waals surface area contributed by atoms with Crippen molar-refractivity contribution < 1.29 is 14.8 Å². The highest BCUT2D eigenvalue weighted by atomic mass is 16.6. The van der Waals surface area contributed by atoms with Gasteiger partial charge in [0.15, 0.2) is 0 Å². The van der Waals surface area contributed by atoms with E-state index in [1.165, 1.54) is 0 Å². The lowest BCUT2D eigenvalue weighted by atomic mass is 10.1. The molecule has 0 bridgehead atoms. The van der Waals surface area contributed by atoms with E-state index in [4.69, 9.17) is 5.73 Å². The van der Waals surface area contributed by atoms with E-state index in [0.29, 0.717) is 6.42 Å². The van der Waals surface area contributed by atoms with Gasteiger partial charge in [-0.3, -0.25) is 14.9 Å². The predicted molar refractivity (Wildman–Crippen MR) is 66.2 cm³/mol. The molecule has 7 nitrogen and oxygen atoms in total. The zero-order valence-electron chi connectivity index (χ0n) is 9.92. The zero-order valence-corrected chi connectivity index (χ0v) is 9.92. The first-order chi connectivity index (χ1) is 8.49. The van der Waals surface area contributed by atoms with E-state index in [1.807, 2.05) is 6.92 Å². The number of rotatable bonds is 5. The number of aromatic hydroxyl groups is 1. The van der Waals surface area contributed by atoms with Crippen LogP contribution < -0.4 is 11.1 Å². The van der Waals surface area contributed by atoms with Gasteiger partial charge in [-0.1, -0.05) is 6.92 Å². The molecule has 1 atom stereocenters. The summed E-state index contributed by atoms with van der Waals surface area (Å²) in [7, 11) is 0. The molecule has 0 heterocycles. The van der Waals surface area contributed by atoms with Crippen molar-refractivity contribution >= 4 is 17.3 Å². The molecule has 0 aliphatic heterocycles. The fourth-order valence-corrected chi connectivity index (χ4v) is 1.43. The number of nitrogens with zero attached hydrogens (tertiary/aromatic N) is 1. The first kappa shape index (κ1) is 13.9. The number of non-ortho nitro benzene ring substituents is 1. The summed E-state index contributed by atoms with van der Waals surface area (Å²) in [6.07, 6.45) is 0.554. The van der Waals surface area contributed by atoms with Crippen molar-refractivity contribution in [3.63, 3.8) is 0 Å². The van der Waals surface area contributed by atoms with Gasteiger partial charge in [0, 0.05) is 18.7 Å². The Morgan fingerprint density at radius 2 is 2.28 bits per heavy atom. The number of nitro groups is 1. The van der Waals surface area contributed by atoms with E-state index < -0.39 is 4.92 Å². The van der Waals surface area contributed by atoms with Crippen LogP contribution in [0.25, 0.3) is 0 Å². The molecule has 1 aromatic carbocycles. The van der Waals surface area contributed by atoms with Gasteiger partial charge in [-0.2, -0.15) is 0 Å². The molecule has 1 unspecified atom stereocenters. The molecule has 1 amide bonds. The van der Waals surface area contributed by atoms with Crippen molar-refractivity contribution in [3.05, 3.63) is 28.3 Å². The molecule has 4 N–H and O–H groups in total. The quantitative estimate of drug-likeness (QED) is 0.414. The second-order valence-corrected chi connectivity index (χ2v) is 3.79. The molecule has 0 aliphatic carbocycles. The first-order valence-electron chi connectivity index (χ1n) is 5.48. The summed E-state index contributed by atoms with van der Waals surface area (Å²) < 4.78 is 0. The lowest BCUT2D eigenvalue weighted by Gasteiger charge is -2.13. The van der Waals surface area contributed by atoms with Gasteiger partial charge in [-0.15, -0.1) is 0 Å². The molecule has 0 spiro atoms. The van der Waals surface area contributed by atoms with Crippen LogP contribution in [-0.4, -0.2) is 22.5 Å². The van der Waals surface area contributed by atoms with Crippen molar-refractivity contribution in [3.8, 4) is 5.75 Å². The van der Waals surface area contributed by atoms with Crippen LogP contribution in [0.2, 0.25) is 0 Å². The van der Waals surface area contributed by atoms with Crippen LogP contribution in [-0.2, 0) is 4.79 Å². The van der Waals surface area contributed by atoms with Gasteiger partial charge in [-0.25, -0.2) is 0 Å². The lowest BCUT2D eigenvalue weighted by molar-refractivity contribution is -0.384. The highest BCUT2D eigenvalue weighted by molar-refractivity contribution is 5.94. The van der Waals surface area contributed by atoms with E-state index in [9.17, 15) is 20.0 Å². The molecule has 18 heavy (non-hydrogen) atoms. The van der Waals surface area contributed by atoms with Crippen molar-refractivity contribution in [1.82, 2.24) is 0 Å². The first-order valence-corrected chi connectivity index (χ1v) is 5.48. The Balaban J connectivity index is 2.93. The maximum absolute atomic E-state index is 11.7. The highest BCUT2D eigenvalue weighted by Crippen LogP contribution is 2.28. The number of hydrogen-bond acceptors (Lipinski definition) is 5. The molecule has 0 aromatic heterocycles. The summed E-state index contributed by atoms with van der Waals surface area (Å²) in [5.41, 5.74) is 5.23. The smallest absolute Gasteiger partial charge is 0.271 e. The topological polar surface area (TPSA) is 118 Å². The van der Waals surface area contributed by atoms with Crippen LogP contribution in [0.4, 0.5) is 11.4 Å². The monoisotopic (exact) mass is 253 g/mol. The number of anilines is 1. The van der Waals surface area contributed by atoms with Crippen molar-refractivity contribution in [2.24, 2.45) is 11.7 Å². The number of nitrogens with one attached hydrogen (secondary N) is 1. The molecule has 0 radical (unpaired) electrons. The molecule has 1 aromatic rings. The second-order valence-electron chi connectivity index (χ2n) is 3.79. The van der Waals surface area contributed by atoms with Gasteiger partial charge in [0.2, 0.25) is 5.91 Å². The SMILES string of the molecule is CCC(CN)C(=O)Nc1cc([N+](=O)[O-])ccc1O. The van der Waals surface area contributed by atoms with Gasteiger partial charge in [0.25, 0.3) is 5.69 Å². The summed E-state index contributed by atoms with van der Waals surface area (Å²) in [4.78, 5) is 21.7. The molecule has 1 rings (SSSR count). The maximum atomic E-state index is 11.7. The van der Waals surface area contributed by atoms with Crippen molar-refractivity contribution in [2.75, 3.05) is 11.9 Å². The van der Waals surface area contributed by atoms with Crippen LogP contribution in [0.15, 0.2) is 18.2 Å². The van der Waals surface area contributed by atoms with Gasteiger partial charge >= 0.3 is 0 Å². The molecular formula is C11H15N3O4. The van der Waals surface area contributed by atoms with Crippen LogP contribution in [0.1, 0.15) is 13.3 Å². The predicted octanol–water partition coefficient (Wildman–Crippen LogP) is 1.22. The number of phenolic OH excluding ortho intramolecular Hbond substituents is 1. The molecule has 7 heteroatoms. The number of amides is 1. The maximum Gasteiger partial charge on any atom is 0.271 e. The Morgan fingerprint density at radius 1 is 1.61 bits per heavy atom. The van der Waals surface area contributed by atoms with Crippen LogP contribution in [0.5, 0.6) is 5.75 Å². The minimum absolute atomic E-state index is 0.0149. The average molecular weight is 253 g/mol. The van der Waals surface area contributed by atoms with Gasteiger partial charge in [0.1, 0.15) is 5.75 Å². The third-order valence-electron chi connectivity index (χ3n) is 2.60. The molecular weight excluding hydrogens is 238 g/mol. The van der Waals surface area contributed by atoms with Crippen molar-refractivity contribution in [2.45, 2.75) is 13.3 Å². The van der Waals surface area contributed by atoms with Crippen molar-refractivity contribution in [1.29, 1.82) is 0 Å². The third kappa shape index (κ3) is 3.17. The number of benzene rings is 1. The number of hydrogen-bond donors (Lipinski definition) is 3. The Bertz CT molecular complexity index is 458. The van der Waals surface area contributed by atoms with Crippen LogP contribution >= 0.6 is 0 Å². The average Bonchev–Trinajstić information content (AvgIpc) is 2.33. The Hall–Kier alpha value is -2.15. The van der Waals surface area contributed by atoms with E-state index >= 15 is 0 Å². The van der Waals surface area contributed by atoms with E-state index in [-0.39, 0.29) is 35.5 Å². The zero-order chi connectivity index (χ0) is 13.7. The third-order valence-corrected chi connectivity index (χ3v) is 2.60. The Labute approximate surface area is 104 Å². The molecule has 0 saturated heterocycles. The molecule has 0 fully saturated rings. The number of carbonyl (C=O) groups is 1. The van der Waals surface area contributed by atoms with Crippen LogP contribution in [0, 0.1) is 16.0 Å². The Kier molecular flexibility index (Phi) is 4.61. The normalized spacial score (nSPS) is 11.9. The summed E-state index contributed by atoms with van der Waals surface area (Å²) in [6.45, 7) is 1.99. The minimum atomic E-state index is -0.602. The second kappa shape index (κ2) is 5.97. The van der Waals surface area contributed by atoms with E-state index in [1.54, 1.807) is 0 Å². The standard InChI is InChI=1S/C11H15N3O4/c1-2-7(6-12)11(16)13-9-5-8(14(17)18)3-4-10(9)15/h3-5,7,15H,2,6,12H2,1H3,(H,13,16). The number of nitro benzene ring substituents is 1. The van der Waals surface area contributed by atoms with Gasteiger partial charge in [0.05, 0.1) is 16.5 Å². The minimum Gasteiger partial charge on any atom is -0.506 e. The fourth-order valence-electron chi connectivity index (χ4n) is 1.43. The number of nitrogens with two attached hydrogens (primary N) is 1. The summed E-state index contributed by atoms with van der Waals surface area (Å²) in [6, 6.07) is 3.43. The fraction of sp³-hybridized carbons (Fsp3) is 0.364. The summed E-state index contributed by atoms with van der Waals surface area (Å²) in [5, 5.41) is 22.5. The lowest BCUT2D eigenvalue weighted by Crippen LogP contribution is -2.28. The summed E-state index contributed by atoms with van der Waals surface area (Å²) >= 11 is 0. The van der Waals surface area contributed by atoms with E-state index in [0.717, 1.165) is 18.2 Å². The number of carbonyl (C=O) groups excluding carboxylic acids is 1. The number of phenols is 1. The van der Waals surface area contributed by atoms with E-state index in [2.05, 4.69) is 5.32 Å².